The van der Waals surface area contributed by atoms with E-state index in [9.17, 15) is 23.2 Å². The number of aryl methyl sites for hydroxylation is 1. The van der Waals surface area contributed by atoms with Gasteiger partial charge in [-0.2, -0.15) is 8.78 Å². The van der Waals surface area contributed by atoms with Gasteiger partial charge in [-0.3, -0.25) is 14.4 Å². The van der Waals surface area contributed by atoms with Gasteiger partial charge in [0.15, 0.2) is 0 Å². The lowest BCUT2D eigenvalue weighted by Crippen LogP contribution is -2.51. The largest absolute Gasteiger partial charge is 0.434 e. The van der Waals surface area contributed by atoms with Crippen molar-refractivity contribution in [3.63, 3.8) is 0 Å². The molecule has 0 spiro atoms. The first-order chi connectivity index (χ1) is 16.8. The van der Waals surface area contributed by atoms with Crippen LogP contribution >= 0.6 is 0 Å². The monoisotopic (exact) mass is 481 g/mol. The van der Waals surface area contributed by atoms with E-state index in [1.807, 2.05) is 31.2 Å². The Bertz CT molecular complexity index is 1280. The number of benzene rings is 2. The number of halogens is 2. The Balaban J connectivity index is 1.44. The number of hydrogen-bond acceptors (Lipinski definition) is 4. The number of para-hydroxylation sites is 1. The van der Waals surface area contributed by atoms with Crippen molar-refractivity contribution in [3.8, 4) is 5.75 Å². The van der Waals surface area contributed by atoms with E-state index in [-0.39, 0.29) is 48.6 Å². The molecule has 0 N–H and O–H groups in total. The first kappa shape index (κ1) is 24.1. The van der Waals surface area contributed by atoms with Crippen LogP contribution in [-0.2, 0) is 6.54 Å². The Morgan fingerprint density at radius 3 is 2.17 bits per heavy atom. The van der Waals surface area contributed by atoms with Gasteiger partial charge >= 0.3 is 6.61 Å². The van der Waals surface area contributed by atoms with E-state index in [1.54, 1.807) is 18.3 Å². The van der Waals surface area contributed by atoms with Crippen LogP contribution in [0.15, 0.2) is 71.7 Å². The molecule has 182 valence electrons. The minimum absolute atomic E-state index is 0.0367. The molecule has 7 nitrogen and oxygen atoms in total. The summed E-state index contributed by atoms with van der Waals surface area (Å²) in [6.07, 6.45) is 1.65. The first-order valence-corrected chi connectivity index (χ1v) is 11.2. The molecule has 0 atom stereocenters. The van der Waals surface area contributed by atoms with Crippen molar-refractivity contribution >= 4 is 11.8 Å². The maximum atomic E-state index is 13.1. The van der Waals surface area contributed by atoms with E-state index in [2.05, 4.69) is 4.74 Å². The van der Waals surface area contributed by atoms with Gasteiger partial charge in [0.1, 0.15) is 11.3 Å². The second-order valence-corrected chi connectivity index (χ2v) is 8.30. The Morgan fingerprint density at radius 2 is 1.51 bits per heavy atom. The number of alkyl halides is 2. The minimum atomic E-state index is -3.04. The van der Waals surface area contributed by atoms with Gasteiger partial charge in [-0.15, -0.1) is 0 Å². The lowest BCUT2D eigenvalue weighted by molar-refractivity contribution is -0.0503. The van der Waals surface area contributed by atoms with Crippen molar-refractivity contribution in [2.45, 2.75) is 20.1 Å². The van der Waals surface area contributed by atoms with Gasteiger partial charge in [0, 0.05) is 32.4 Å². The summed E-state index contributed by atoms with van der Waals surface area (Å²) in [5, 5.41) is 0. The summed E-state index contributed by atoms with van der Waals surface area (Å²) in [6.45, 7) is 0.128. The maximum Gasteiger partial charge on any atom is 0.387 e. The van der Waals surface area contributed by atoms with Crippen molar-refractivity contribution in [2.75, 3.05) is 26.2 Å². The van der Waals surface area contributed by atoms with Crippen LogP contribution in [0.3, 0.4) is 0 Å². The van der Waals surface area contributed by atoms with Crippen LogP contribution in [0, 0.1) is 6.92 Å². The van der Waals surface area contributed by atoms with Gasteiger partial charge in [0.25, 0.3) is 17.4 Å². The predicted octanol–water partition coefficient (Wildman–Crippen LogP) is 3.40. The van der Waals surface area contributed by atoms with E-state index in [1.165, 1.54) is 38.6 Å². The van der Waals surface area contributed by atoms with Crippen LogP contribution in [0.25, 0.3) is 0 Å². The number of carbonyl (C=O) groups is 2. The van der Waals surface area contributed by atoms with Gasteiger partial charge in [-0.1, -0.05) is 42.0 Å². The Kier molecular flexibility index (Phi) is 7.24. The first-order valence-electron chi connectivity index (χ1n) is 11.2. The van der Waals surface area contributed by atoms with Gasteiger partial charge in [-0.05, 0) is 36.8 Å². The second-order valence-electron chi connectivity index (χ2n) is 8.30. The van der Waals surface area contributed by atoms with Gasteiger partial charge in [-0.25, -0.2) is 0 Å². The number of nitrogens with zero attached hydrogens (tertiary/aromatic N) is 3. The molecular weight excluding hydrogens is 456 g/mol. The zero-order chi connectivity index (χ0) is 24.9. The molecule has 0 bridgehead atoms. The van der Waals surface area contributed by atoms with Crippen molar-refractivity contribution in [1.29, 1.82) is 0 Å². The molecule has 0 saturated carbocycles. The summed E-state index contributed by atoms with van der Waals surface area (Å²) in [6, 6.07) is 16.8. The van der Waals surface area contributed by atoms with Crippen LogP contribution < -0.4 is 10.3 Å². The van der Waals surface area contributed by atoms with Crippen LogP contribution in [0.2, 0.25) is 0 Å². The Morgan fingerprint density at radius 1 is 0.886 bits per heavy atom. The van der Waals surface area contributed by atoms with Crippen LogP contribution in [0.5, 0.6) is 5.75 Å². The highest BCUT2D eigenvalue weighted by Gasteiger charge is 2.28. The van der Waals surface area contributed by atoms with Crippen LogP contribution in [0.1, 0.15) is 31.8 Å². The number of amides is 2. The zero-order valence-corrected chi connectivity index (χ0v) is 19.2. The number of piperazine rings is 1. The van der Waals surface area contributed by atoms with Crippen molar-refractivity contribution in [1.82, 2.24) is 14.4 Å². The molecule has 0 radical (unpaired) electrons. The summed E-state index contributed by atoms with van der Waals surface area (Å²) >= 11 is 0. The zero-order valence-electron chi connectivity index (χ0n) is 19.2. The minimum Gasteiger partial charge on any atom is -0.434 e. The van der Waals surface area contributed by atoms with Gasteiger partial charge in [0.05, 0.1) is 12.1 Å². The fourth-order valence-electron chi connectivity index (χ4n) is 4.13. The lowest BCUT2D eigenvalue weighted by atomic mass is 10.1. The molecule has 9 heteroatoms. The van der Waals surface area contributed by atoms with E-state index in [0.717, 1.165) is 11.1 Å². The third-order valence-electron chi connectivity index (χ3n) is 5.87. The number of hydrogen-bond donors (Lipinski definition) is 0. The topological polar surface area (TPSA) is 71.8 Å². The standard InChI is InChI=1S/C26H25F2N3O4/c1-18-6-4-7-19(16-18)17-31-11-5-9-21(25(31)34)24(33)30-14-12-29(13-15-30)23(32)20-8-2-3-10-22(20)35-26(27)28/h2-11,16,26H,12-15,17H2,1H3. The number of carbonyl (C=O) groups excluding carboxylic acids is 2. The van der Waals surface area contributed by atoms with E-state index in [0.29, 0.717) is 6.54 Å². The molecule has 2 heterocycles. The molecule has 3 aromatic rings. The molecule has 1 aliphatic heterocycles. The average molecular weight is 481 g/mol. The molecule has 1 aromatic heterocycles. The Hall–Kier alpha value is -4.01. The molecule has 1 fully saturated rings. The summed E-state index contributed by atoms with van der Waals surface area (Å²) in [4.78, 5) is 42.0. The highest BCUT2D eigenvalue weighted by atomic mass is 19.3. The van der Waals surface area contributed by atoms with Crippen molar-refractivity contribution in [3.05, 3.63) is 99.5 Å². The normalized spacial score (nSPS) is 13.7. The summed E-state index contributed by atoms with van der Waals surface area (Å²) in [7, 11) is 0. The second kappa shape index (κ2) is 10.5. The third kappa shape index (κ3) is 5.56. The molecule has 35 heavy (non-hydrogen) atoms. The summed E-state index contributed by atoms with van der Waals surface area (Å²) < 4.78 is 31.3. The fraction of sp³-hybridized carbons (Fsp3) is 0.269. The van der Waals surface area contributed by atoms with Gasteiger partial charge < -0.3 is 19.1 Å². The smallest absolute Gasteiger partial charge is 0.387 e. The molecule has 1 saturated heterocycles. The molecule has 0 unspecified atom stereocenters. The quantitative estimate of drug-likeness (QED) is 0.541. The fourth-order valence-corrected chi connectivity index (χ4v) is 4.13. The van der Waals surface area contributed by atoms with E-state index >= 15 is 0 Å². The SMILES string of the molecule is Cc1cccc(Cn2cccc(C(=O)N3CCN(C(=O)c4ccccc4OC(F)F)CC3)c2=O)c1. The number of pyridine rings is 1. The molecule has 0 aliphatic carbocycles. The van der Waals surface area contributed by atoms with Crippen molar-refractivity contribution in [2.24, 2.45) is 0 Å². The highest BCUT2D eigenvalue weighted by Crippen LogP contribution is 2.22. The predicted molar refractivity (Wildman–Crippen MR) is 126 cm³/mol. The molecule has 1 aliphatic rings. The average Bonchev–Trinajstić information content (AvgIpc) is 2.85. The Labute approximate surface area is 201 Å². The van der Waals surface area contributed by atoms with Crippen molar-refractivity contribution < 1.29 is 23.1 Å². The number of rotatable bonds is 6. The van der Waals surface area contributed by atoms with Crippen LogP contribution in [0.4, 0.5) is 8.78 Å². The molecule has 2 aromatic carbocycles. The van der Waals surface area contributed by atoms with Gasteiger partial charge in [0.2, 0.25) is 0 Å². The molecule has 2 amide bonds. The number of ether oxygens (including phenoxy) is 1. The molecular formula is C26H25F2N3O4. The highest BCUT2D eigenvalue weighted by molar-refractivity contribution is 5.97. The summed E-state index contributed by atoms with van der Waals surface area (Å²) in [5.41, 5.74) is 1.76. The number of aromatic nitrogens is 1. The van der Waals surface area contributed by atoms with E-state index < -0.39 is 18.4 Å². The summed E-state index contributed by atoms with van der Waals surface area (Å²) in [5.74, 6) is -1.04. The maximum absolute atomic E-state index is 13.1. The molecule has 4 rings (SSSR count). The van der Waals surface area contributed by atoms with Crippen LogP contribution in [-0.4, -0.2) is 59.0 Å². The third-order valence-corrected chi connectivity index (χ3v) is 5.87. The van der Waals surface area contributed by atoms with E-state index in [4.69, 9.17) is 0 Å². The lowest BCUT2D eigenvalue weighted by Gasteiger charge is -2.35.